The van der Waals surface area contributed by atoms with Crippen LogP contribution < -0.4 is 10.1 Å². The van der Waals surface area contributed by atoms with Crippen LogP contribution in [0.25, 0.3) is 6.08 Å². The summed E-state index contributed by atoms with van der Waals surface area (Å²) >= 11 is 6.22. The van der Waals surface area contributed by atoms with Crippen molar-refractivity contribution in [3.63, 3.8) is 0 Å². The van der Waals surface area contributed by atoms with Crippen molar-refractivity contribution in [1.29, 1.82) is 0 Å². The van der Waals surface area contributed by atoms with Crippen molar-refractivity contribution < 1.29 is 4.74 Å². The van der Waals surface area contributed by atoms with E-state index in [9.17, 15) is 0 Å². The second-order valence-electron chi connectivity index (χ2n) is 4.42. The molecule has 0 radical (unpaired) electrons. The zero-order valence-electron chi connectivity index (χ0n) is 11.6. The highest BCUT2D eigenvalue weighted by Crippen LogP contribution is 2.28. The van der Waals surface area contributed by atoms with Gasteiger partial charge in [0.15, 0.2) is 0 Å². The predicted octanol–water partition coefficient (Wildman–Crippen LogP) is 4.14. The molecule has 1 aromatic carbocycles. The molecular formula is C15H22ClNO. The van der Waals surface area contributed by atoms with Crippen LogP contribution in [0.5, 0.6) is 5.75 Å². The average molecular weight is 268 g/mol. The number of rotatable bonds is 6. The summed E-state index contributed by atoms with van der Waals surface area (Å²) in [6, 6.07) is 6.04. The largest absolute Gasteiger partial charge is 0.496 e. The van der Waals surface area contributed by atoms with Gasteiger partial charge >= 0.3 is 0 Å². The Morgan fingerprint density at radius 2 is 2.22 bits per heavy atom. The quantitative estimate of drug-likeness (QED) is 0.836. The highest BCUT2D eigenvalue weighted by Gasteiger charge is 2.08. The van der Waals surface area contributed by atoms with Gasteiger partial charge in [-0.05, 0) is 45.0 Å². The molecule has 3 heteroatoms. The molecule has 0 amide bonds. The van der Waals surface area contributed by atoms with Crippen LogP contribution in [0.1, 0.15) is 32.8 Å². The molecule has 0 saturated heterocycles. The van der Waals surface area contributed by atoms with Gasteiger partial charge in [-0.3, -0.25) is 0 Å². The Kier molecular flexibility index (Phi) is 6.23. The Morgan fingerprint density at radius 1 is 1.50 bits per heavy atom. The first-order valence-electron chi connectivity index (χ1n) is 6.34. The number of hydrogen-bond acceptors (Lipinski definition) is 2. The van der Waals surface area contributed by atoms with Gasteiger partial charge < -0.3 is 10.1 Å². The van der Waals surface area contributed by atoms with Crippen molar-refractivity contribution in [3.8, 4) is 5.75 Å². The summed E-state index contributed by atoms with van der Waals surface area (Å²) in [5.74, 6) is 0.810. The number of methoxy groups -OCH3 is 1. The normalized spacial score (nSPS) is 13.5. The van der Waals surface area contributed by atoms with E-state index in [0.717, 1.165) is 29.3 Å². The molecule has 0 bridgehead atoms. The molecule has 1 N–H and O–H groups in total. The topological polar surface area (TPSA) is 21.3 Å². The Morgan fingerprint density at radius 3 is 2.83 bits per heavy atom. The molecule has 18 heavy (non-hydrogen) atoms. The lowest BCUT2D eigenvalue weighted by molar-refractivity contribution is 0.414. The van der Waals surface area contributed by atoms with E-state index in [-0.39, 0.29) is 0 Å². The molecule has 1 rings (SSSR count). The number of hydrogen-bond donors (Lipinski definition) is 1. The van der Waals surface area contributed by atoms with Crippen LogP contribution in [-0.2, 0) is 0 Å². The van der Waals surface area contributed by atoms with Crippen molar-refractivity contribution in [2.24, 2.45) is 0 Å². The fraction of sp³-hybridized carbons (Fsp3) is 0.467. The van der Waals surface area contributed by atoms with Gasteiger partial charge in [-0.25, -0.2) is 0 Å². The van der Waals surface area contributed by atoms with Crippen molar-refractivity contribution in [2.75, 3.05) is 13.7 Å². The van der Waals surface area contributed by atoms with Crippen molar-refractivity contribution in [2.45, 2.75) is 33.2 Å². The van der Waals surface area contributed by atoms with Gasteiger partial charge in [0.25, 0.3) is 0 Å². The van der Waals surface area contributed by atoms with E-state index in [0.29, 0.717) is 6.04 Å². The van der Waals surface area contributed by atoms with E-state index < -0.39 is 0 Å². The second kappa shape index (κ2) is 7.45. The average Bonchev–Trinajstić information content (AvgIpc) is 2.38. The molecule has 0 fully saturated rings. The summed E-state index contributed by atoms with van der Waals surface area (Å²) < 4.78 is 5.34. The minimum atomic E-state index is 0.339. The molecule has 0 aliphatic rings. The van der Waals surface area contributed by atoms with Crippen LogP contribution in [0.2, 0.25) is 5.02 Å². The molecule has 0 saturated carbocycles. The van der Waals surface area contributed by atoms with Crippen LogP contribution in [0.4, 0.5) is 0 Å². The standard InChI is InChI=1S/C15H22ClNO/c1-5-9-17-12(3)11(2)10-13-14(16)7-6-8-15(13)18-4/h6-8,10,12,17H,5,9H2,1-4H3/b11-10+. The summed E-state index contributed by atoms with van der Waals surface area (Å²) in [5, 5.41) is 4.18. The molecule has 1 atom stereocenters. The fourth-order valence-electron chi connectivity index (χ4n) is 1.71. The first-order chi connectivity index (χ1) is 8.60. The first-order valence-corrected chi connectivity index (χ1v) is 6.72. The van der Waals surface area contributed by atoms with Gasteiger partial charge in [-0.1, -0.05) is 30.2 Å². The number of ether oxygens (including phenoxy) is 1. The van der Waals surface area contributed by atoms with Gasteiger partial charge in [0.1, 0.15) is 5.75 Å². The maximum absolute atomic E-state index is 6.22. The molecule has 0 aliphatic heterocycles. The zero-order chi connectivity index (χ0) is 13.5. The highest BCUT2D eigenvalue weighted by molar-refractivity contribution is 6.32. The fourth-order valence-corrected chi connectivity index (χ4v) is 1.93. The summed E-state index contributed by atoms with van der Waals surface area (Å²) in [6.07, 6.45) is 3.22. The zero-order valence-corrected chi connectivity index (χ0v) is 12.3. The second-order valence-corrected chi connectivity index (χ2v) is 4.83. The highest BCUT2D eigenvalue weighted by atomic mass is 35.5. The predicted molar refractivity (Wildman–Crippen MR) is 79.4 cm³/mol. The molecule has 100 valence electrons. The SMILES string of the molecule is CCCNC(C)/C(C)=C/c1c(Cl)cccc1OC. The van der Waals surface area contributed by atoms with Gasteiger partial charge in [0.2, 0.25) is 0 Å². The van der Waals surface area contributed by atoms with Crippen molar-refractivity contribution in [1.82, 2.24) is 5.32 Å². The smallest absolute Gasteiger partial charge is 0.127 e. The van der Waals surface area contributed by atoms with E-state index in [1.165, 1.54) is 5.57 Å². The van der Waals surface area contributed by atoms with Crippen LogP contribution in [-0.4, -0.2) is 19.7 Å². The minimum Gasteiger partial charge on any atom is -0.496 e. The maximum atomic E-state index is 6.22. The summed E-state index contributed by atoms with van der Waals surface area (Å²) in [7, 11) is 1.66. The van der Waals surface area contributed by atoms with Gasteiger partial charge in [-0.2, -0.15) is 0 Å². The maximum Gasteiger partial charge on any atom is 0.127 e. The molecular weight excluding hydrogens is 246 g/mol. The first kappa shape index (κ1) is 15.1. The summed E-state index contributed by atoms with van der Waals surface area (Å²) in [5.41, 5.74) is 2.19. The van der Waals surface area contributed by atoms with Gasteiger partial charge in [0, 0.05) is 11.6 Å². The lowest BCUT2D eigenvalue weighted by atomic mass is 10.1. The Hall–Kier alpha value is -0.990. The number of nitrogens with one attached hydrogen (secondary N) is 1. The van der Waals surface area contributed by atoms with Crippen molar-refractivity contribution in [3.05, 3.63) is 34.4 Å². The van der Waals surface area contributed by atoms with Gasteiger partial charge in [-0.15, -0.1) is 0 Å². The monoisotopic (exact) mass is 267 g/mol. The summed E-state index contributed by atoms with van der Waals surface area (Å²) in [6.45, 7) is 7.45. The van der Waals surface area contributed by atoms with Crippen LogP contribution in [0, 0.1) is 0 Å². The minimum absolute atomic E-state index is 0.339. The van der Waals surface area contributed by atoms with E-state index in [2.05, 4.69) is 32.2 Å². The Bertz CT molecular complexity index is 415. The third-order valence-corrected chi connectivity index (χ3v) is 3.32. The van der Waals surface area contributed by atoms with Crippen LogP contribution in [0.3, 0.4) is 0 Å². The van der Waals surface area contributed by atoms with E-state index in [1.54, 1.807) is 7.11 Å². The number of benzene rings is 1. The van der Waals surface area contributed by atoms with Crippen molar-refractivity contribution >= 4 is 17.7 Å². The van der Waals surface area contributed by atoms with Gasteiger partial charge in [0.05, 0.1) is 12.1 Å². The molecule has 0 aromatic heterocycles. The Labute approximate surface area is 115 Å². The number of halogens is 1. The van der Waals surface area contributed by atoms with E-state index in [4.69, 9.17) is 16.3 Å². The Balaban J connectivity index is 2.94. The van der Waals surface area contributed by atoms with E-state index >= 15 is 0 Å². The third-order valence-electron chi connectivity index (χ3n) is 2.99. The molecule has 2 nitrogen and oxygen atoms in total. The lowest BCUT2D eigenvalue weighted by Crippen LogP contribution is -2.27. The lowest BCUT2D eigenvalue weighted by Gasteiger charge is -2.15. The van der Waals surface area contributed by atoms with Crippen LogP contribution >= 0.6 is 11.6 Å². The van der Waals surface area contributed by atoms with Crippen LogP contribution in [0.15, 0.2) is 23.8 Å². The molecule has 1 aromatic rings. The summed E-state index contributed by atoms with van der Waals surface area (Å²) in [4.78, 5) is 0. The molecule has 0 heterocycles. The van der Waals surface area contributed by atoms with E-state index in [1.807, 2.05) is 18.2 Å². The molecule has 0 spiro atoms. The molecule has 1 unspecified atom stereocenters. The third kappa shape index (κ3) is 4.04. The molecule has 0 aliphatic carbocycles.